The summed E-state index contributed by atoms with van der Waals surface area (Å²) >= 11 is 0. The molecule has 1 aromatic carbocycles. The lowest BCUT2D eigenvalue weighted by molar-refractivity contribution is -0.383. The molecule has 0 saturated carbocycles. The summed E-state index contributed by atoms with van der Waals surface area (Å²) in [6.07, 6.45) is 0.572. The first-order valence-electron chi connectivity index (χ1n) is 5.58. The van der Waals surface area contributed by atoms with E-state index in [2.05, 4.69) is 5.32 Å². The Morgan fingerprint density at radius 1 is 1.61 bits per heavy atom. The number of aliphatic hydroxyl groups is 1. The van der Waals surface area contributed by atoms with Gasteiger partial charge in [-0.1, -0.05) is 0 Å². The quantitative estimate of drug-likeness (QED) is 0.414. The third-order valence-electron chi connectivity index (χ3n) is 2.93. The van der Waals surface area contributed by atoms with Crippen LogP contribution in [0.15, 0.2) is 18.2 Å². The lowest BCUT2D eigenvalue weighted by Gasteiger charge is -2.21. The Bertz CT molecular complexity index is 458. The molecular formula is C11H15N3O4. The minimum Gasteiger partial charge on any atom is -0.393 e. The molecule has 0 amide bonds. The second kappa shape index (κ2) is 4.79. The van der Waals surface area contributed by atoms with Crippen LogP contribution in [0.5, 0.6) is 0 Å². The zero-order valence-corrected chi connectivity index (χ0v) is 9.76. The average molecular weight is 253 g/mol. The van der Waals surface area contributed by atoms with Gasteiger partial charge in [-0.3, -0.25) is 10.1 Å². The van der Waals surface area contributed by atoms with E-state index < -0.39 is 10.5 Å². The van der Waals surface area contributed by atoms with E-state index in [1.165, 1.54) is 12.1 Å². The molecule has 1 aliphatic rings. The summed E-state index contributed by atoms with van der Waals surface area (Å²) in [5.74, 6) is 0. The van der Waals surface area contributed by atoms with Crippen molar-refractivity contribution in [2.75, 3.05) is 30.8 Å². The van der Waals surface area contributed by atoms with Crippen molar-refractivity contribution in [2.24, 2.45) is 0 Å². The molecule has 1 atom stereocenters. The van der Waals surface area contributed by atoms with Crippen molar-refractivity contribution in [1.29, 1.82) is 0 Å². The smallest absolute Gasteiger partial charge is 0.292 e. The summed E-state index contributed by atoms with van der Waals surface area (Å²) in [5, 5.41) is 23.6. The molecule has 0 aromatic heterocycles. The molecule has 18 heavy (non-hydrogen) atoms. The predicted octanol–water partition coefficient (Wildman–Crippen LogP) is 0.740. The van der Waals surface area contributed by atoms with Crippen molar-refractivity contribution < 1.29 is 14.8 Å². The van der Waals surface area contributed by atoms with Crippen LogP contribution in [0.2, 0.25) is 0 Å². The van der Waals surface area contributed by atoms with E-state index >= 15 is 0 Å². The summed E-state index contributed by atoms with van der Waals surface area (Å²) in [5.41, 5.74) is 5.30. The number of benzene rings is 1. The average Bonchev–Trinajstić information content (AvgIpc) is 2.74. The molecule has 1 unspecified atom stereocenters. The van der Waals surface area contributed by atoms with Gasteiger partial charge in [-0.25, -0.2) is 0 Å². The lowest BCUT2D eigenvalue weighted by atomic mass is 10.0. The van der Waals surface area contributed by atoms with Gasteiger partial charge in [-0.2, -0.15) is 0 Å². The topological polar surface area (TPSA) is 111 Å². The third kappa shape index (κ3) is 2.69. The Labute approximate surface area is 104 Å². The third-order valence-corrected chi connectivity index (χ3v) is 2.93. The maximum atomic E-state index is 10.6. The Morgan fingerprint density at radius 3 is 2.94 bits per heavy atom. The van der Waals surface area contributed by atoms with Crippen LogP contribution in [0.3, 0.4) is 0 Å². The second-order valence-electron chi connectivity index (χ2n) is 4.41. The largest absolute Gasteiger partial charge is 0.393 e. The van der Waals surface area contributed by atoms with Crippen molar-refractivity contribution in [1.82, 2.24) is 0 Å². The minimum atomic E-state index is -0.878. The summed E-state index contributed by atoms with van der Waals surface area (Å²) in [6, 6.07) is 4.39. The second-order valence-corrected chi connectivity index (χ2v) is 4.41. The van der Waals surface area contributed by atoms with Crippen molar-refractivity contribution in [2.45, 2.75) is 12.0 Å². The number of anilines is 2. The van der Waals surface area contributed by atoms with Crippen LogP contribution in [0, 0.1) is 10.1 Å². The van der Waals surface area contributed by atoms with Gasteiger partial charge in [0.15, 0.2) is 0 Å². The first kappa shape index (κ1) is 12.6. The normalized spacial score (nSPS) is 22.9. The van der Waals surface area contributed by atoms with Crippen molar-refractivity contribution in [3.05, 3.63) is 28.3 Å². The predicted molar refractivity (Wildman–Crippen MR) is 66.4 cm³/mol. The lowest BCUT2D eigenvalue weighted by Crippen LogP contribution is -2.37. The van der Waals surface area contributed by atoms with Crippen LogP contribution in [0.25, 0.3) is 0 Å². The van der Waals surface area contributed by atoms with Gasteiger partial charge in [-0.15, -0.1) is 0 Å². The highest BCUT2D eigenvalue weighted by molar-refractivity contribution is 5.65. The Morgan fingerprint density at radius 2 is 2.39 bits per heavy atom. The molecule has 1 heterocycles. The summed E-state index contributed by atoms with van der Waals surface area (Å²) in [7, 11) is 0. The van der Waals surface area contributed by atoms with E-state index in [-0.39, 0.29) is 11.4 Å². The van der Waals surface area contributed by atoms with Gasteiger partial charge in [0.1, 0.15) is 11.3 Å². The van der Waals surface area contributed by atoms with E-state index in [1.54, 1.807) is 6.07 Å². The molecule has 7 nitrogen and oxygen atoms in total. The van der Waals surface area contributed by atoms with E-state index in [0.717, 1.165) is 0 Å². The van der Waals surface area contributed by atoms with Gasteiger partial charge in [0.05, 0.1) is 11.5 Å². The molecule has 98 valence electrons. The fourth-order valence-electron chi connectivity index (χ4n) is 1.83. The number of nitro groups is 1. The standard InChI is InChI=1S/C11H15N3O4/c12-9-5-8(1-2-10(9)14(16)17)13-6-11(15)3-4-18-7-11/h1-2,5,13,15H,3-4,6-7,12H2. The van der Waals surface area contributed by atoms with Gasteiger partial charge in [0, 0.05) is 31.3 Å². The van der Waals surface area contributed by atoms with Crippen molar-refractivity contribution >= 4 is 17.1 Å². The fraction of sp³-hybridized carbons (Fsp3) is 0.455. The van der Waals surface area contributed by atoms with Gasteiger partial charge in [0.2, 0.25) is 0 Å². The SMILES string of the molecule is Nc1cc(NCC2(O)CCOC2)ccc1[N+](=O)[O-]. The van der Waals surface area contributed by atoms with Crippen molar-refractivity contribution in [3.63, 3.8) is 0 Å². The molecule has 0 spiro atoms. The number of nitro benzene ring substituents is 1. The van der Waals surface area contributed by atoms with Crippen LogP contribution in [0.4, 0.5) is 17.1 Å². The highest BCUT2D eigenvalue weighted by Crippen LogP contribution is 2.25. The molecule has 2 rings (SSSR count). The number of ether oxygens (including phenoxy) is 1. The van der Waals surface area contributed by atoms with Crippen LogP contribution in [-0.2, 0) is 4.74 Å². The molecule has 1 saturated heterocycles. The molecule has 0 bridgehead atoms. The zero-order valence-electron chi connectivity index (χ0n) is 9.76. The maximum Gasteiger partial charge on any atom is 0.292 e. The highest BCUT2D eigenvalue weighted by Gasteiger charge is 2.31. The molecule has 0 radical (unpaired) electrons. The number of nitrogen functional groups attached to an aromatic ring is 1. The number of hydrogen-bond donors (Lipinski definition) is 3. The van der Waals surface area contributed by atoms with Gasteiger partial charge >= 0.3 is 0 Å². The number of nitrogens with two attached hydrogens (primary N) is 1. The molecule has 4 N–H and O–H groups in total. The molecule has 1 fully saturated rings. The Hall–Kier alpha value is -1.86. The molecule has 0 aliphatic carbocycles. The number of rotatable bonds is 4. The summed E-state index contributed by atoms with van der Waals surface area (Å²) in [6.45, 7) is 1.16. The van der Waals surface area contributed by atoms with Gasteiger partial charge < -0.3 is 20.9 Å². The Kier molecular flexibility index (Phi) is 3.35. The number of nitrogens with one attached hydrogen (secondary N) is 1. The monoisotopic (exact) mass is 253 g/mol. The van der Waals surface area contributed by atoms with Gasteiger partial charge in [0.25, 0.3) is 5.69 Å². The van der Waals surface area contributed by atoms with Crippen LogP contribution >= 0.6 is 0 Å². The highest BCUT2D eigenvalue weighted by atomic mass is 16.6. The molecule has 7 heteroatoms. The van der Waals surface area contributed by atoms with E-state index in [9.17, 15) is 15.2 Å². The zero-order chi connectivity index (χ0) is 13.2. The maximum absolute atomic E-state index is 10.6. The van der Waals surface area contributed by atoms with Crippen LogP contribution < -0.4 is 11.1 Å². The molecular weight excluding hydrogens is 238 g/mol. The van der Waals surface area contributed by atoms with Crippen LogP contribution in [0.1, 0.15) is 6.42 Å². The Balaban J connectivity index is 2.02. The first-order chi connectivity index (χ1) is 8.50. The van der Waals surface area contributed by atoms with Crippen molar-refractivity contribution in [3.8, 4) is 0 Å². The number of hydrogen-bond acceptors (Lipinski definition) is 6. The fourth-order valence-corrected chi connectivity index (χ4v) is 1.83. The van der Waals surface area contributed by atoms with E-state index in [4.69, 9.17) is 10.5 Å². The van der Waals surface area contributed by atoms with E-state index in [0.29, 0.717) is 31.9 Å². The summed E-state index contributed by atoms with van der Waals surface area (Å²) < 4.78 is 5.12. The van der Waals surface area contributed by atoms with Gasteiger partial charge in [-0.05, 0) is 12.1 Å². The van der Waals surface area contributed by atoms with E-state index in [1.807, 2.05) is 0 Å². The first-order valence-corrected chi connectivity index (χ1v) is 5.58. The number of nitrogens with zero attached hydrogens (tertiary/aromatic N) is 1. The molecule has 1 aliphatic heterocycles. The molecule has 1 aromatic rings. The minimum absolute atomic E-state index is 0.0969. The summed E-state index contributed by atoms with van der Waals surface area (Å²) in [4.78, 5) is 10.1. The van der Waals surface area contributed by atoms with Crippen LogP contribution in [-0.4, -0.2) is 35.4 Å².